The lowest BCUT2D eigenvalue weighted by Gasteiger charge is -2.24. The SMILES string of the molecule is COCCNC(=O)CC1CN(Cc2ccc(F)c(F)c2)Cc2cccn2C1. The Morgan fingerprint density at radius 3 is 2.89 bits per heavy atom. The lowest BCUT2D eigenvalue weighted by molar-refractivity contribution is -0.122. The third-order valence-corrected chi connectivity index (χ3v) is 4.77. The van der Waals surface area contributed by atoms with Gasteiger partial charge in [-0.15, -0.1) is 0 Å². The smallest absolute Gasteiger partial charge is 0.220 e. The summed E-state index contributed by atoms with van der Waals surface area (Å²) in [4.78, 5) is 14.4. The molecular formula is C20H25F2N3O2. The molecule has 1 amide bonds. The summed E-state index contributed by atoms with van der Waals surface area (Å²) in [5.41, 5.74) is 1.87. The highest BCUT2D eigenvalue weighted by Gasteiger charge is 2.23. The fourth-order valence-corrected chi connectivity index (χ4v) is 3.54. The summed E-state index contributed by atoms with van der Waals surface area (Å²) in [6.07, 6.45) is 2.43. The van der Waals surface area contributed by atoms with Crippen LogP contribution in [0.2, 0.25) is 0 Å². The highest BCUT2D eigenvalue weighted by atomic mass is 19.2. The number of rotatable bonds is 7. The molecule has 0 radical (unpaired) electrons. The number of benzene rings is 1. The zero-order valence-electron chi connectivity index (χ0n) is 15.5. The van der Waals surface area contributed by atoms with Crippen LogP contribution in [0.1, 0.15) is 17.7 Å². The van der Waals surface area contributed by atoms with E-state index in [1.54, 1.807) is 13.2 Å². The van der Waals surface area contributed by atoms with Gasteiger partial charge in [-0.05, 0) is 35.7 Å². The Labute approximate surface area is 157 Å². The van der Waals surface area contributed by atoms with Crippen molar-refractivity contribution >= 4 is 5.91 Å². The molecule has 3 rings (SSSR count). The quantitative estimate of drug-likeness (QED) is 0.755. The van der Waals surface area contributed by atoms with Gasteiger partial charge in [0.2, 0.25) is 5.91 Å². The Morgan fingerprint density at radius 1 is 1.26 bits per heavy atom. The van der Waals surface area contributed by atoms with Gasteiger partial charge in [0, 0.05) is 58.1 Å². The number of nitrogens with one attached hydrogen (secondary N) is 1. The summed E-state index contributed by atoms with van der Waals surface area (Å²) in [7, 11) is 1.60. The molecule has 1 aliphatic heterocycles. The second-order valence-electron chi connectivity index (χ2n) is 6.98. The fraction of sp³-hybridized carbons (Fsp3) is 0.450. The standard InChI is InChI=1S/C20H25F2N3O2/c1-27-8-6-23-20(26)10-16-12-24(14-17-3-2-7-25(17)13-16)11-15-4-5-18(21)19(22)9-15/h2-5,7,9,16H,6,8,10-14H2,1H3,(H,23,26). The first-order chi connectivity index (χ1) is 13.0. The molecule has 0 saturated heterocycles. The van der Waals surface area contributed by atoms with Crippen LogP contribution in [0.15, 0.2) is 36.5 Å². The van der Waals surface area contributed by atoms with Gasteiger partial charge in [0.15, 0.2) is 11.6 Å². The predicted octanol–water partition coefficient (Wildman–Crippen LogP) is 2.55. The highest BCUT2D eigenvalue weighted by molar-refractivity contribution is 5.76. The molecule has 1 aromatic heterocycles. The molecule has 1 unspecified atom stereocenters. The fourth-order valence-electron chi connectivity index (χ4n) is 3.54. The van der Waals surface area contributed by atoms with Crippen molar-refractivity contribution < 1.29 is 18.3 Å². The van der Waals surface area contributed by atoms with E-state index >= 15 is 0 Å². The summed E-state index contributed by atoms with van der Waals surface area (Å²) in [6.45, 7) is 3.65. The van der Waals surface area contributed by atoms with Crippen molar-refractivity contribution in [2.24, 2.45) is 5.92 Å². The number of hydrogen-bond donors (Lipinski definition) is 1. The van der Waals surface area contributed by atoms with Gasteiger partial charge >= 0.3 is 0 Å². The van der Waals surface area contributed by atoms with E-state index in [-0.39, 0.29) is 11.8 Å². The number of nitrogens with zero attached hydrogens (tertiary/aromatic N) is 2. The van der Waals surface area contributed by atoms with Crippen LogP contribution in [0.3, 0.4) is 0 Å². The third-order valence-electron chi connectivity index (χ3n) is 4.77. The topological polar surface area (TPSA) is 46.5 Å². The van der Waals surface area contributed by atoms with Crippen LogP contribution in [0, 0.1) is 17.6 Å². The van der Waals surface area contributed by atoms with Crippen LogP contribution in [0.5, 0.6) is 0 Å². The maximum Gasteiger partial charge on any atom is 0.220 e. The Kier molecular flexibility index (Phi) is 6.58. The third kappa shape index (κ3) is 5.37. The van der Waals surface area contributed by atoms with Crippen molar-refractivity contribution in [1.82, 2.24) is 14.8 Å². The Bertz CT molecular complexity index is 778. The van der Waals surface area contributed by atoms with E-state index in [2.05, 4.69) is 20.9 Å². The number of halogens is 2. The van der Waals surface area contributed by atoms with Crippen molar-refractivity contribution in [3.8, 4) is 0 Å². The second-order valence-corrected chi connectivity index (χ2v) is 6.98. The first kappa shape index (κ1) is 19.5. The van der Waals surface area contributed by atoms with Crippen LogP contribution < -0.4 is 5.32 Å². The van der Waals surface area contributed by atoms with Crippen molar-refractivity contribution in [1.29, 1.82) is 0 Å². The van der Waals surface area contributed by atoms with E-state index in [9.17, 15) is 13.6 Å². The largest absolute Gasteiger partial charge is 0.383 e. The van der Waals surface area contributed by atoms with E-state index in [0.29, 0.717) is 39.2 Å². The normalized spacial score (nSPS) is 17.4. The average molecular weight is 377 g/mol. The Morgan fingerprint density at radius 2 is 2.11 bits per heavy atom. The number of amides is 1. The summed E-state index contributed by atoms with van der Waals surface area (Å²) in [5, 5.41) is 2.86. The molecule has 2 aromatic rings. The minimum Gasteiger partial charge on any atom is -0.383 e. The second kappa shape index (κ2) is 9.10. The minimum atomic E-state index is -0.839. The van der Waals surface area contributed by atoms with Gasteiger partial charge in [0.25, 0.3) is 0 Å². The van der Waals surface area contributed by atoms with E-state index in [4.69, 9.17) is 4.74 Å². The molecule has 1 aliphatic rings. The monoisotopic (exact) mass is 377 g/mol. The molecule has 0 fully saturated rings. The lowest BCUT2D eigenvalue weighted by Crippen LogP contribution is -2.33. The number of methoxy groups -OCH3 is 1. The molecular weight excluding hydrogens is 352 g/mol. The molecule has 27 heavy (non-hydrogen) atoms. The van der Waals surface area contributed by atoms with E-state index in [1.165, 1.54) is 6.07 Å². The van der Waals surface area contributed by atoms with Gasteiger partial charge in [-0.25, -0.2) is 8.78 Å². The number of ether oxygens (including phenoxy) is 1. The van der Waals surface area contributed by atoms with Crippen LogP contribution in [0.25, 0.3) is 0 Å². The molecule has 146 valence electrons. The molecule has 5 nitrogen and oxygen atoms in total. The molecule has 0 spiro atoms. The molecule has 2 heterocycles. The van der Waals surface area contributed by atoms with Crippen molar-refractivity contribution in [3.05, 3.63) is 59.4 Å². The maximum atomic E-state index is 13.5. The van der Waals surface area contributed by atoms with Gasteiger partial charge in [-0.2, -0.15) is 0 Å². The number of carbonyl (C=O) groups is 1. The molecule has 1 aromatic carbocycles. The first-order valence-corrected chi connectivity index (χ1v) is 9.11. The minimum absolute atomic E-state index is 0.000401. The molecule has 1 atom stereocenters. The summed E-state index contributed by atoms with van der Waals surface area (Å²) >= 11 is 0. The first-order valence-electron chi connectivity index (χ1n) is 9.11. The average Bonchev–Trinajstić information content (AvgIpc) is 2.98. The molecule has 0 saturated carbocycles. The van der Waals surface area contributed by atoms with Gasteiger partial charge < -0.3 is 14.6 Å². The van der Waals surface area contributed by atoms with Crippen LogP contribution in [-0.2, 0) is 29.2 Å². The lowest BCUT2D eigenvalue weighted by atomic mass is 10.0. The van der Waals surface area contributed by atoms with Crippen molar-refractivity contribution in [3.63, 3.8) is 0 Å². The summed E-state index contributed by atoms with van der Waals surface area (Å²) in [6, 6.07) is 8.05. The summed E-state index contributed by atoms with van der Waals surface area (Å²) in [5.74, 6) is -1.54. The van der Waals surface area contributed by atoms with Crippen LogP contribution in [-0.4, -0.2) is 42.2 Å². The van der Waals surface area contributed by atoms with Crippen molar-refractivity contribution in [2.45, 2.75) is 26.1 Å². The Hall–Kier alpha value is -2.25. The van der Waals surface area contributed by atoms with Crippen LogP contribution in [0.4, 0.5) is 8.78 Å². The van der Waals surface area contributed by atoms with Gasteiger partial charge in [0.05, 0.1) is 6.61 Å². The van der Waals surface area contributed by atoms with E-state index in [0.717, 1.165) is 23.9 Å². The molecule has 7 heteroatoms. The van der Waals surface area contributed by atoms with E-state index in [1.807, 2.05) is 12.3 Å². The zero-order valence-corrected chi connectivity index (χ0v) is 15.5. The van der Waals surface area contributed by atoms with Crippen LogP contribution >= 0.6 is 0 Å². The molecule has 1 N–H and O–H groups in total. The predicted molar refractivity (Wildman–Crippen MR) is 97.9 cm³/mol. The van der Waals surface area contributed by atoms with Gasteiger partial charge in [-0.1, -0.05) is 6.07 Å². The molecule has 0 bridgehead atoms. The molecule has 0 aliphatic carbocycles. The van der Waals surface area contributed by atoms with Gasteiger partial charge in [-0.3, -0.25) is 9.69 Å². The highest BCUT2D eigenvalue weighted by Crippen LogP contribution is 2.22. The maximum absolute atomic E-state index is 13.5. The number of carbonyl (C=O) groups excluding carboxylic acids is 1. The van der Waals surface area contributed by atoms with E-state index < -0.39 is 11.6 Å². The van der Waals surface area contributed by atoms with Crippen molar-refractivity contribution in [2.75, 3.05) is 26.8 Å². The Balaban J connectivity index is 1.68. The zero-order chi connectivity index (χ0) is 19.2. The number of hydrogen-bond acceptors (Lipinski definition) is 3. The number of fused-ring (bicyclic) bond motifs is 1. The number of aromatic nitrogens is 1. The summed E-state index contributed by atoms with van der Waals surface area (Å²) < 4.78 is 33.8. The van der Waals surface area contributed by atoms with Gasteiger partial charge in [0.1, 0.15) is 0 Å².